The fraction of sp³-hybridized carbons (Fsp3) is 1.00. The van der Waals surface area contributed by atoms with Crippen LogP contribution in [0.15, 0.2) is 0 Å². The molecule has 3 unspecified atom stereocenters. The van der Waals surface area contributed by atoms with Crippen molar-refractivity contribution in [3.63, 3.8) is 0 Å². The normalized spacial score (nSPS) is 16.3. The van der Waals surface area contributed by atoms with Crippen molar-refractivity contribution in [3.05, 3.63) is 0 Å². The molecule has 0 N–H and O–H groups in total. The van der Waals surface area contributed by atoms with Crippen LogP contribution >= 0.6 is 33.2 Å². The summed E-state index contributed by atoms with van der Waals surface area (Å²) in [4.78, 5) is 0. The predicted molar refractivity (Wildman–Crippen MR) is 102 cm³/mol. The van der Waals surface area contributed by atoms with E-state index in [1.54, 1.807) is 21.0 Å². The van der Waals surface area contributed by atoms with Crippen LogP contribution in [-0.2, 0) is 14.2 Å². The van der Waals surface area contributed by atoms with Gasteiger partial charge in [0.05, 0.1) is 5.73 Å². The molecular weight excluding hydrogens is 375 g/mol. The number of unbranched alkanes of at least 4 members (excludes halogenated alkanes) is 7. The van der Waals surface area contributed by atoms with Crippen LogP contribution in [-0.4, -0.2) is 31.4 Å². The maximum atomic E-state index is 6.17. The van der Waals surface area contributed by atoms with Crippen molar-refractivity contribution in [2.45, 2.75) is 96.9 Å². The zero-order valence-corrected chi connectivity index (χ0v) is 18.2. The highest BCUT2D eigenvalue weighted by molar-refractivity contribution is 7.65. The Labute approximate surface area is 157 Å². The topological polar surface area (TPSA) is 27.7 Å². The molecule has 140 valence electrons. The molecular formula is C16H33Cl3O3Si. The highest BCUT2D eigenvalue weighted by Gasteiger charge is 2.38. The van der Waals surface area contributed by atoms with Gasteiger partial charge in [-0.2, -0.15) is 0 Å². The Morgan fingerprint density at radius 3 is 1.78 bits per heavy atom. The van der Waals surface area contributed by atoms with Crippen molar-refractivity contribution < 1.29 is 14.2 Å². The van der Waals surface area contributed by atoms with Gasteiger partial charge >= 0.3 is 6.00 Å². The van der Waals surface area contributed by atoms with Crippen molar-refractivity contribution in [2.24, 2.45) is 0 Å². The maximum Gasteiger partial charge on any atom is 0.369 e. The van der Waals surface area contributed by atoms with Gasteiger partial charge in [-0.15, -0.1) is 33.2 Å². The molecule has 0 rings (SSSR count). The Kier molecular flexibility index (Phi) is 14.8. The van der Waals surface area contributed by atoms with Crippen LogP contribution in [0.25, 0.3) is 0 Å². The molecule has 0 aromatic rings. The van der Waals surface area contributed by atoms with E-state index in [4.69, 9.17) is 47.4 Å². The van der Waals surface area contributed by atoms with E-state index in [0.29, 0.717) is 0 Å². The van der Waals surface area contributed by atoms with E-state index >= 15 is 0 Å². The molecule has 0 aromatic carbocycles. The van der Waals surface area contributed by atoms with Gasteiger partial charge in [0.25, 0.3) is 0 Å². The van der Waals surface area contributed by atoms with Gasteiger partial charge < -0.3 is 14.2 Å². The molecule has 0 aliphatic rings. The van der Waals surface area contributed by atoms with Crippen LogP contribution in [0.5, 0.6) is 0 Å². The summed E-state index contributed by atoms with van der Waals surface area (Å²) < 4.78 is 16.4. The maximum absolute atomic E-state index is 6.17. The summed E-state index contributed by atoms with van der Waals surface area (Å²) in [5.74, 6) is 0. The van der Waals surface area contributed by atoms with Crippen molar-refractivity contribution in [1.82, 2.24) is 0 Å². The number of hydrogen-bond acceptors (Lipinski definition) is 3. The first-order chi connectivity index (χ1) is 10.8. The summed E-state index contributed by atoms with van der Waals surface area (Å²) in [5, 5.41) is 0. The molecule has 0 amide bonds. The molecule has 0 fully saturated rings. The van der Waals surface area contributed by atoms with E-state index in [-0.39, 0.29) is 12.0 Å². The molecule has 0 spiro atoms. The number of hydrogen-bond donors (Lipinski definition) is 0. The quantitative estimate of drug-likeness (QED) is 0.135. The lowest BCUT2D eigenvalue weighted by atomic mass is 10.1. The zero-order valence-electron chi connectivity index (χ0n) is 15.0. The SMILES string of the molecule is CCCCCCCCCCC(OC(C)OC(C)OC)[Si](Cl)(Cl)Cl. The highest BCUT2D eigenvalue weighted by atomic mass is 35.8. The third-order valence-corrected chi connectivity index (χ3v) is 7.10. The Bertz CT molecular complexity index is 278. The first kappa shape index (κ1) is 24.0. The molecule has 0 radical (unpaired) electrons. The average Bonchev–Trinajstić information content (AvgIpc) is 2.47. The fourth-order valence-corrected chi connectivity index (χ4v) is 4.68. The average molecular weight is 408 g/mol. The third kappa shape index (κ3) is 13.9. The van der Waals surface area contributed by atoms with Gasteiger partial charge in [-0.3, -0.25) is 0 Å². The molecule has 0 saturated heterocycles. The molecule has 0 aliphatic carbocycles. The van der Waals surface area contributed by atoms with Gasteiger partial charge in [0.15, 0.2) is 12.6 Å². The van der Waals surface area contributed by atoms with Crippen LogP contribution in [0.3, 0.4) is 0 Å². The Morgan fingerprint density at radius 2 is 1.30 bits per heavy atom. The van der Waals surface area contributed by atoms with Crippen molar-refractivity contribution in [2.75, 3.05) is 7.11 Å². The van der Waals surface area contributed by atoms with E-state index in [1.165, 1.54) is 38.5 Å². The van der Waals surface area contributed by atoms with E-state index in [1.807, 2.05) is 0 Å². The Balaban J connectivity index is 3.98. The van der Waals surface area contributed by atoms with Crippen LogP contribution < -0.4 is 0 Å². The van der Waals surface area contributed by atoms with Crippen LogP contribution in [0.2, 0.25) is 0 Å². The molecule has 0 saturated carbocycles. The largest absolute Gasteiger partial charge is 0.369 e. The Morgan fingerprint density at radius 1 is 0.783 bits per heavy atom. The number of methoxy groups -OCH3 is 1. The summed E-state index contributed by atoms with van der Waals surface area (Å²) in [7, 11) is 1.58. The first-order valence-corrected chi connectivity index (χ1v) is 13.8. The lowest BCUT2D eigenvalue weighted by Gasteiger charge is -2.27. The van der Waals surface area contributed by atoms with Gasteiger partial charge in [-0.1, -0.05) is 58.3 Å². The van der Waals surface area contributed by atoms with Gasteiger partial charge in [-0.05, 0) is 20.3 Å². The molecule has 3 atom stereocenters. The minimum Gasteiger partial charge on any atom is -0.356 e. The van der Waals surface area contributed by atoms with E-state index < -0.39 is 12.3 Å². The molecule has 0 aromatic heterocycles. The van der Waals surface area contributed by atoms with E-state index in [9.17, 15) is 0 Å². The molecule has 23 heavy (non-hydrogen) atoms. The van der Waals surface area contributed by atoms with Crippen LogP contribution in [0.4, 0.5) is 0 Å². The second-order valence-electron chi connectivity index (χ2n) is 5.94. The van der Waals surface area contributed by atoms with Gasteiger partial charge in [0, 0.05) is 7.11 Å². The van der Waals surface area contributed by atoms with Gasteiger partial charge in [-0.25, -0.2) is 0 Å². The summed E-state index contributed by atoms with van der Waals surface area (Å²) >= 11 is 18.5. The zero-order chi connectivity index (χ0) is 17.7. The van der Waals surface area contributed by atoms with Crippen molar-refractivity contribution in [3.8, 4) is 0 Å². The molecule has 0 heterocycles. The first-order valence-electron chi connectivity index (χ1n) is 8.71. The summed E-state index contributed by atoms with van der Waals surface area (Å²) in [6, 6.07) is -2.92. The number of rotatable bonds is 15. The predicted octanol–water partition coefficient (Wildman–Crippen LogP) is 6.45. The summed E-state index contributed by atoms with van der Waals surface area (Å²) in [5.41, 5.74) is -0.341. The minimum absolute atomic E-state index is 0.341. The van der Waals surface area contributed by atoms with E-state index in [0.717, 1.165) is 19.3 Å². The fourth-order valence-electron chi connectivity index (χ4n) is 2.36. The highest BCUT2D eigenvalue weighted by Crippen LogP contribution is 2.31. The van der Waals surface area contributed by atoms with Crippen LogP contribution in [0, 0.1) is 0 Å². The molecule has 3 nitrogen and oxygen atoms in total. The third-order valence-electron chi connectivity index (χ3n) is 3.76. The smallest absolute Gasteiger partial charge is 0.356 e. The van der Waals surface area contributed by atoms with Gasteiger partial charge in [0.2, 0.25) is 0 Å². The Hall–Kier alpha value is 0.967. The molecule has 0 bridgehead atoms. The second kappa shape index (κ2) is 14.2. The molecule has 7 heteroatoms. The second-order valence-corrected chi connectivity index (χ2v) is 14.8. The molecule has 0 aliphatic heterocycles. The number of ether oxygens (including phenoxy) is 3. The minimum atomic E-state index is -2.92. The van der Waals surface area contributed by atoms with Crippen LogP contribution in [0.1, 0.15) is 78.6 Å². The summed E-state index contributed by atoms with van der Waals surface area (Å²) in [6.07, 6.45) is 9.98. The summed E-state index contributed by atoms with van der Waals surface area (Å²) in [6.45, 7) is 5.85. The van der Waals surface area contributed by atoms with Crippen molar-refractivity contribution >= 4 is 39.2 Å². The monoisotopic (exact) mass is 406 g/mol. The number of halogens is 3. The lowest BCUT2D eigenvalue weighted by molar-refractivity contribution is -0.229. The lowest BCUT2D eigenvalue weighted by Crippen LogP contribution is -2.38. The van der Waals surface area contributed by atoms with Crippen molar-refractivity contribution in [1.29, 1.82) is 0 Å². The van der Waals surface area contributed by atoms with Gasteiger partial charge in [0.1, 0.15) is 0 Å². The standard InChI is InChI=1S/C16H33Cl3O3Si/c1-5-6-7-8-9-10-11-12-13-16(23(17,18)19)22-15(3)21-14(2)20-4/h14-16H,5-13H2,1-4H3. The van der Waals surface area contributed by atoms with E-state index in [2.05, 4.69) is 6.92 Å².